The van der Waals surface area contributed by atoms with Gasteiger partial charge in [-0.3, -0.25) is 9.59 Å². The minimum absolute atomic E-state index is 0.0919. The second-order valence-electron chi connectivity index (χ2n) is 12.8. The quantitative estimate of drug-likeness (QED) is 0.275. The van der Waals surface area contributed by atoms with Gasteiger partial charge in [-0.2, -0.15) is 0 Å². The van der Waals surface area contributed by atoms with Crippen molar-refractivity contribution in [2.45, 2.75) is 90.7 Å². The van der Waals surface area contributed by atoms with Gasteiger partial charge in [-0.1, -0.05) is 44.3 Å². The zero-order chi connectivity index (χ0) is 28.6. The fraction of sp³-hybridized carbons (Fsp3) is 0.733. The largest absolute Gasteiger partial charge is 0.480 e. The van der Waals surface area contributed by atoms with Crippen LogP contribution < -0.4 is 10.6 Å². The van der Waals surface area contributed by atoms with Crippen LogP contribution in [0.3, 0.4) is 0 Å². The molecule has 0 aromatic rings. The summed E-state index contributed by atoms with van der Waals surface area (Å²) >= 11 is 0. The maximum Gasteiger partial charge on any atom is 0.326 e. The summed E-state index contributed by atoms with van der Waals surface area (Å²) in [6.45, 7) is 7.31. The molecule has 214 valence electrons. The summed E-state index contributed by atoms with van der Waals surface area (Å²) in [5.74, 6) is 1.85. The maximum atomic E-state index is 12.1. The van der Waals surface area contributed by atoms with E-state index >= 15 is 0 Å². The summed E-state index contributed by atoms with van der Waals surface area (Å²) < 4.78 is 0. The molecule has 4 aliphatic rings. The minimum atomic E-state index is -1.12. The smallest absolute Gasteiger partial charge is 0.326 e. The number of allylic oxidation sites excluding steroid dienone is 2. The first kappa shape index (κ1) is 29.1. The van der Waals surface area contributed by atoms with Gasteiger partial charge in [-0.05, 0) is 86.5 Å². The van der Waals surface area contributed by atoms with Crippen LogP contribution in [0.1, 0.15) is 79.1 Å². The Kier molecular flexibility index (Phi) is 8.18. The standard InChI is InChI=1S/C30H43N3O6/c1-6-30(38)14-11-23-21-8-7-19-15-20(9-12-28(19,4)22(21)10-13-29(23,30)5)33-39-17-25(35)31-16-24(34)32-26(18(2)3)27(36)37/h1,15,18,21-23,26,38H,7-14,16-17H2,2-5H3,(H,31,35)(H,32,34)(H,36,37)/b33-20+/t21-,22+,23-,26-,28+,29+,30-/m1/s1. The second-order valence-corrected chi connectivity index (χ2v) is 12.8. The molecular formula is C30H43N3O6. The molecule has 4 rings (SSSR count). The summed E-state index contributed by atoms with van der Waals surface area (Å²) in [7, 11) is 0. The number of amides is 2. The van der Waals surface area contributed by atoms with E-state index in [1.54, 1.807) is 13.8 Å². The van der Waals surface area contributed by atoms with E-state index in [4.69, 9.17) is 11.3 Å². The van der Waals surface area contributed by atoms with E-state index in [9.17, 15) is 24.6 Å². The van der Waals surface area contributed by atoms with Crippen molar-refractivity contribution in [2.24, 2.45) is 39.7 Å². The van der Waals surface area contributed by atoms with Crippen LogP contribution in [-0.4, -0.2) is 58.5 Å². The molecular weight excluding hydrogens is 498 g/mol. The van der Waals surface area contributed by atoms with Crippen LogP contribution in [0.2, 0.25) is 0 Å². The topological polar surface area (TPSA) is 137 Å². The Morgan fingerprint density at radius 1 is 1.13 bits per heavy atom. The lowest BCUT2D eigenvalue weighted by Gasteiger charge is -2.58. The third-order valence-electron chi connectivity index (χ3n) is 10.4. The molecule has 0 aromatic carbocycles. The van der Waals surface area contributed by atoms with Crippen molar-refractivity contribution in [2.75, 3.05) is 13.2 Å². The number of nitrogens with zero attached hydrogens (tertiary/aromatic N) is 1. The second kappa shape index (κ2) is 11.0. The zero-order valence-electron chi connectivity index (χ0n) is 23.6. The SMILES string of the molecule is C#C[C@@]1(O)CC[C@@H]2[C@@H]3CCC4=C/C(=N/OCC(=O)NCC(=O)N[C@@H](C(=O)O)C(C)C)CC[C@]4(C)[C@H]3CC[C@@]21C. The number of hydrogen-bond acceptors (Lipinski definition) is 6. The molecule has 7 atom stereocenters. The van der Waals surface area contributed by atoms with Crippen LogP contribution in [0.15, 0.2) is 16.8 Å². The molecule has 0 saturated heterocycles. The summed E-state index contributed by atoms with van der Waals surface area (Å²) in [5, 5.41) is 29.4. The number of carboxylic acid groups (broad SMARTS) is 1. The van der Waals surface area contributed by atoms with Gasteiger partial charge in [-0.25, -0.2) is 4.79 Å². The lowest BCUT2D eigenvalue weighted by Crippen LogP contribution is -2.54. The molecule has 2 amide bonds. The molecule has 39 heavy (non-hydrogen) atoms. The highest BCUT2D eigenvalue weighted by atomic mass is 16.6. The predicted molar refractivity (Wildman–Crippen MR) is 146 cm³/mol. The highest BCUT2D eigenvalue weighted by Gasteiger charge is 2.63. The van der Waals surface area contributed by atoms with Crippen molar-refractivity contribution in [1.29, 1.82) is 0 Å². The average molecular weight is 542 g/mol. The van der Waals surface area contributed by atoms with Gasteiger partial charge < -0.3 is 25.7 Å². The van der Waals surface area contributed by atoms with Crippen LogP contribution in [0.5, 0.6) is 0 Å². The van der Waals surface area contributed by atoms with Crippen LogP contribution in [0.25, 0.3) is 0 Å². The number of hydrogen-bond donors (Lipinski definition) is 4. The van der Waals surface area contributed by atoms with E-state index in [0.29, 0.717) is 24.2 Å². The van der Waals surface area contributed by atoms with Crippen LogP contribution in [0, 0.1) is 46.8 Å². The molecule has 3 saturated carbocycles. The summed E-state index contributed by atoms with van der Waals surface area (Å²) in [6.07, 6.45) is 15.5. The minimum Gasteiger partial charge on any atom is -0.480 e. The number of nitrogens with one attached hydrogen (secondary N) is 2. The van der Waals surface area contributed by atoms with Gasteiger partial charge in [0, 0.05) is 5.41 Å². The van der Waals surface area contributed by atoms with E-state index in [1.165, 1.54) is 5.57 Å². The Hall–Kier alpha value is -2.86. The molecule has 0 bridgehead atoms. The monoisotopic (exact) mass is 541 g/mol. The number of terminal acetylenes is 1. The number of aliphatic carboxylic acids is 1. The number of rotatable bonds is 8. The molecule has 3 fully saturated rings. The third-order valence-corrected chi connectivity index (χ3v) is 10.4. The van der Waals surface area contributed by atoms with Gasteiger partial charge in [0.2, 0.25) is 5.91 Å². The van der Waals surface area contributed by atoms with Gasteiger partial charge >= 0.3 is 5.97 Å². The Labute approximate surface area is 231 Å². The first-order valence-corrected chi connectivity index (χ1v) is 14.2. The maximum absolute atomic E-state index is 12.1. The number of carbonyl (C=O) groups excluding carboxylic acids is 2. The lowest BCUT2D eigenvalue weighted by atomic mass is 9.46. The van der Waals surface area contributed by atoms with E-state index in [0.717, 1.165) is 50.7 Å². The van der Waals surface area contributed by atoms with Crippen molar-refractivity contribution < 1.29 is 29.4 Å². The number of carbonyl (C=O) groups is 3. The lowest BCUT2D eigenvalue weighted by molar-refractivity contribution is -0.143. The van der Waals surface area contributed by atoms with Crippen LogP contribution in [0.4, 0.5) is 0 Å². The van der Waals surface area contributed by atoms with Crippen molar-refractivity contribution in [3.63, 3.8) is 0 Å². The van der Waals surface area contributed by atoms with Crippen molar-refractivity contribution >= 4 is 23.5 Å². The fourth-order valence-corrected chi connectivity index (χ4v) is 8.04. The Morgan fingerprint density at radius 3 is 2.51 bits per heavy atom. The molecule has 0 aliphatic heterocycles. The molecule has 0 aromatic heterocycles. The summed E-state index contributed by atoms with van der Waals surface area (Å²) in [6, 6.07) is -1.01. The molecule has 0 heterocycles. The van der Waals surface area contributed by atoms with Gasteiger partial charge in [-0.15, -0.1) is 6.42 Å². The Bertz CT molecular complexity index is 1110. The Morgan fingerprint density at radius 2 is 1.85 bits per heavy atom. The van der Waals surface area contributed by atoms with E-state index in [1.807, 2.05) is 0 Å². The average Bonchev–Trinajstić information content (AvgIpc) is 3.16. The molecule has 0 spiro atoms. The van der Waals surface area contributed by atoms with Crippen molar-refractivity contribution in [1.82, 2.24) is 10.6 Å². The van der Waals surface area contributed by atoms with Gasteiger partial charge in [0.05, 0.1) is 12.3 Å². The predicted octanol–water partition coefficient (Wildman–Crippen LogP) is 3.03. The zero-order valence-corrected chi connectivity index (χ0v) is 23.6. The highest BCUT2D eigenvalue weighted by Crippen LogP contribution is 2.67. The van der Waals surface area contributed by atoms with E-state index < -0.39 is 29.4 Å². The first-order valence-electron chi connectivity index (χ1n) is 14.2. The van der Waals surface area contributed by atoms with Gasteiger partial charge in [0.15, 0.2) is 6.61 Å². The fourth-order valence-electron chi connectivity index (χ4n) is 8.04. The van der Waals surface area contributed by atoms with E-state index in [2.05, 4.69) is 41.6 Å². The van der Waals surface area contributed by atoms with Crippen LogP contribution >= 0.6 is 0 Å². The number of aliphatic hydroxyl groups is 1. The van der Waals surface area contributed by atoms with Gasteiger partial charge in [0.25, 0.3) is 5.91 Å². The van der Waals surface area contributed by atoms with Crippen molar-refractivity contribution in [3.8, 4) is 12.3 Å². The summed E-state index contributed by atoms with van der Waals surface area (Å²) in [4.78, 5) is 40.6. The first-order chi connectivity index (χ1) is 18.3. The number of oxime groups is 1. The molecule has 9 heteroatoms. The molecule has 4 aliphatic carbocycles. The van der Waals surface area contributed by atoms with E-state index in [-0.39, 0.29) is 29.9 Å². The van der Waals surface area contributed by atoms with Crippen LogP contribution in [-0.2, 0) is 19.2 Å². The summed E-state index contributed by atoms with van der Waals surface area (Å²) in [5.41, 5.74) is 1.10. The van der Waals surface area contributed by atoms with Crippen molar-refractivity contribution in [3.05, 3.63) is 11.6 Å². The van der Waals surface area contributed by atoms with Gasteiger partial charge in [0.1, 0.15) is 11.6 Å². The highest BCUT2D eigenvalue weighted by molar-refractivity contribution is 5.96. The third kappa shape index (κ3) is 5.32. The number of fused-ring (bicyclic) bond motifs is 5. The Balaban J connectivity index is 1.31. The number of carboxylic acids is 1. The molecule has 9 nitrogen and oxygen atoms in total. The molecule has 0 unspecified atom stereocenters. The normalized spacial score (nSPS) is 37.0. The molecule has 0 radical (unpaired) electrons. The molecule has 4 N–H and O–H groups in total.